The molecule has 0 amide bonds. The van der Waals surface area contributed by atoms with Gasteiger partial charge in [-0.2, -0.15) is 0 Å². The van der Waals surface area contributed by atoms with Crippen LogP contribution in [0.15, 0.2) is 71.7 Å². The van der Waals surface area contributed by atoms with Crippen LogP contribution in [0.4, 0.5) is 5.69 Å². The van der Waals surface area contributed by atoms with Crippen molar-refractivity contribution in [1.29, 1.82) is 0 Å². The lowest BCUT2D eigenvalue weighted by Crippen LogP contribution is -2.08. The summed E-state index contributed by atoms with van der Waals surface area (Å²) in [6.45, 7) is 5.14. The molecule has 5 heteroatoms. The zero-order chi connectivity index (χ0) is 32.0. The molecule has 244 valence electrons. The Morgan fingerprint density at radius 1 is 0.667 bits per heavy atom. The second-order valence-corrected chi connectivity index (χ2v) is 12.1. The molecule has 0 saturated heterocycles. The Labute approximate surface area is 272 Å². The van der Waals surface area contributed by atoms with E-state index in [0.717, 1.165) is 24.3 Å². The third kappa shape index (κ3) is 14.8. The number of unbranched alkanes of at least 4 members (excludes halogenated alkanes) is 14. The summed E-state index contributed by atoms with van der Waals surface area (Å²) in [6, 6.07) is 19.9. The number of aryl methyl sites for hydroxylation is 1. The Hall–Kier alpha value is -3.60. The highest BCUT2D eigenvalue weighted by Gasteiger charge is 2.11. The van der Waals surface area contributed by atoms with Gasteiger partial charge in [0, 0.05) is 17.8 Å². The summed E-state index contributed by atoms with van der Waals surface area (Å²) in [5, 5.41) is 10.5. The summed E-state index contributed by atoms with van der Waals surface area (Å²) in [5.41, 5.74) is 3.08. The Kier molecular flexibility index (Phi) is 17.5. The lowest BCUT2D eigenvalue weighted by Gasteiger charge is -2.08. The standard InChI is InChI=1S/C40H55NO4/c1-3-5-7-8-9-10-11-12-13-14-15-16-17-18-30-44-37-27-22-34(23-28-37)40(43)45-38-29-24-35(39(42)31-38)32-41-36-25-20-33(21-26-36)19-6-4-2/h20-29,31-32,42H,3-19,30H2,1-2H3. The maximum absolute atomic E-state index is 12.7. The molecule has 5 nitrogen and oxygen atoms in total. The average molecular weight is 614 g/mol. The highest BCUT2D eigenvalue weighted by molar-refractivity contribution is 5.91. The normalized spacial score (nSPS) is 11.2. The summed E-state index contributed by atoms with van der Waals surface area (Å²) in [5.74, 6) is 0.527. The fraction of sp³-hybridized carbons (Fsp3) is 0.500. The zero-order valence-corrected chi connectivity index (χ0v) is 27.8. The van der Waals surface area contributed by atoms with Gasteiger partial charge < -0.3 is 14.6 Å². The first kappa shape index (κ1) is 35.9. The van der Waals surface area contributed by atoms with Crippen LogP contribution >= 0.6 is 0 Å². The van der Waals surface area contributed by atoms with Gasteiger partial charge in [-0.05, 0) is 73.4 Å². The van der Waals surface area contributed by atoms with Gasteiger partial charge in [-0.3, -0.25) is 4.99 Å². The molecule has 0 atom stereocenters. The highest BCUT2D eigenvalue weighted by Crippen LogP contribution is 2.25. The van der Waals surface area contributed by atoms with E-state index in [0.29, 0.717) is 17.7 Å². The molecule has 0 bridgehead atoms. The van der Waals surface area contributed by atoms with E-state index in [1.54, 1.807) is 42.6 Å². The second-order valence-electron chi connectivity index (χ2n) is 12.1. The zero-order valence-electron chi connectivity index (χ0n) is 27.8. The minimum Gasteiger partial charge on any atom is -0.507 e. The number of aliphatic imine (C=N–C) groups is 1. The van der Waals surface area contributed by atoms with E-state index < -0.39 is 5.97 Å². The molecule has 0 saturated carbocycles. The van der Waals surface area contributed by atoms with Crippen LogP contribution in [0.1, 0.15) is 138 Å². The molecule has 3 aromatic rings. The summed E-state index contributed by atoms with van der Waals surface area (Å²) >= 11 is 0. The number of esters is 1. The Balaban J connectivity index is 1.29. The van der Waals surface area contributed by atoms with Gasteiger partial charge in [-0.15, -0.1) is 0 Å². The molecule has 3 rings (SSSR count). The van der Waals surface area contributed by atoms with E-state index in [4.69, 9.17) is 9.47 Å². The summed E-state index contributed by atoms with van der Waals surface area (Å²) in [7, 11) is 0. The predicted octanol–water partition coefficient (Wildman–Crippen LogP) is 11.6. The molecule has 0 unspecified atom stereocenters. The molecule has 3 aromatic carbocycles. The number of benzene rings is 3. The lowest BCUT2D eigenvalue weighted by atomic mass is 10.0. The Morgan fingerprint density at radius 3 is 1.80 bits per heavy atom. The van der Waals surface area contributed by atoms with Crippen LogP contribution < -0.4 is 9.47 Å². The van der Waals surface area contributed by atoms with Crippen molar-refractivity contribution in [3.05, 3.63) is 83.4 Å². The monoisotopic (exact) mass is 613 g/mol. The first-order valence-electron chi connectivity index (χ1n) is 17.5. The smallest absolute Gasteiger partial charge is 0.343 e. The van der Waals surface area contributed by atoms with Crippen LogP contribution in [0, 0.1) is 0 Å². The van der Waals surface area contributed by atoms with Gasteiger partial charge in [-0.1, -0.05) is 116 Å². The number of ether oxygens (including phenoxy) is 2. The Bertz CT molecular complexity index is 1250. The topological polar surface area (TPSA) is 68.1 Å². The lowest BCUT2D eigenvalue weighted by molar-refractivity contribution is 0.0734. The van der Waals surface area contributed by atoms with E-state index >= 15 is 0 Å². The van der Waals surface area contributed by atoms with Crippen LogP contribution in [0.3, 0.4) is 0 Å². The van der Waals surface area contributed by atoms with E-state index in [1.165, 1.54) is 108 Å². The second kappa shape index (κ2) is 22.0. The van der Waals surface area contributed by atoms with Gasteiger partial charge in [0.15, 0.2) is 0 Å². The molecule has 0 radical (unpaired) electrons. The van der Waals surface area contributed by atoms with Crippen molar-refractivity contribution in [2.24, 2.45) is 4.99 Å². The number of carbonyl (C=O) groups excluding carboxylic acids is 1. The van der Waals surface area contributed by atoms with Crippen molar-refractivity contribution < 1.29 is 19.4 Å². The molecule has 0 fully saturated rings. The number of aromatic hydroxyl groups is 1. The number of hydrogen-bond acceptors (Lipinski definition) is 5. The van der Waals surface area contributed by atoms with E-state index in [9.17, 15) is 9.90 Å². The molecular formula is C40H55NO4. The molecular weight excluding hydrogens is 558 g/mol. The van der Waals surface area contributed by atoms with Gasteiger partial charge in [0.05, 0.1) is 17.9 Å². The molecule has 0 spiro atoms. The molecule has 0 aliphatic rings. The fourth-order valence-corrected chi connectivity index (χ4v) is 5.31. The summed E-state index contributed by atoms with van der Waals surface area (Å²) in [6.07, 6.45) is 23.7. The first-order valence-corrected chi connectivity index (χ1v) is 17.5. The predicted molar refractivity (Wildman–Crippen MR) is 188 cm³/mol. The van der Waals surface area contributed by atoms with Crippen molar-refractivity contribution >= 4 is 17.9 Å². The molecule has 0 aromatic heterocycles. The quantitative estimate of drug-likeness (QED) is 0.0500. The van der Waals surface area contributed by atoms with Gasteiger partial charge in [0.25, 0.3) is 0 Å². The summed E-state index contributed by atoms with van der Waals surface area (Å²) < 4.78 is 11.4. The van der Waals surface area contributed by atoms with Crippen molar-refractivity contribution in [2.45, 2.75) is 123 Å². The number of phenolic OH excluding ortho intramolecular Hbond substituents is 1. The molecule has 45 heavy (non-hydrogen) atoms. The number of rotatable bonds is 23. The Morgan fingerprint density at radius 2 is 1.22 bits per heavy atom. The molecule has 0 aliphatic carbocycles. The van der Waals surface area contributed by atoms with Crippen LogP contribution in [-0.2, 0) is 6.42 Å². The fourth-order valence-electron chi connectivity index (χ4n) is 5.31. The van der Waals surface area contributed by atoms with Gasteiger partial charge in [0.1, 0.15) is 17.2 Å². The SMILES string of the molecule is CCCCCCCCCCCCCCCCOc1ccc(C(=O)Oc2ccc(C=Nc3ccc(CCCC)cc3)c(O)c2)cc1. The molecule has 0 heterocycles. The number of carbonyl (C=O) groups is 1. The maximum atomic E-state index is 12.7. The van der Waals surface area contributed by atoms with Crippen LogP contribution in [0.2, 0.25) is 0 Å². The van der Waals surface area contributed by atoms with Crippen molar-refractivity contribution in [3.8, 4) is 17.2 Å². The van der Waals surface area contributed by atoms with Crippen molar-refractivity contribution in [3.63, 3.8) is 0 Å². The third-order valence-corrected chi connectivity index (χ3v) is 8.18. The average Bonchev–Trinajstić information content (AvgIpc) is 3.06. The minimum atomic E-state index is -0.488. The number of nitrogens with zero attached hydrogens (tertiary/aromatic N) is 1. The van der Waals surface area contributed by atoms with Gasteiger partial charge in [-0.25, -0.2) is 4.79 Å². The van der Waals surface area contributed by atoms with Crippen molar-refractivity contribution in [1.82, 2.24) is 0 Å². The van der Waals surface area contributed by atoms with Gasteiger partial charge in [0.2, 0.25) is 0 Å². The number of hydrogen-bond donors (Lipinski definition) is 1. The molecule has 1 N–H and O–H groups in total. The first-order chi connectivity index (χ1) is 22.1. The van der Waals surface area contributed by atoms with E-state index in [2.05, 4.69) is 31.0 Å². The molecule has 0 aliphatic heterocycles. The highest BCUT2D eigenvalue weighted by atomic mass is 16.5. The van der Waals surface area contributed by atoms with Gasteiger partial charge >= 0.3 is 5.97 Å². The van der Waals surface area contributed by atoms with E-state index in [1.807, 2.05) is 12.1 Å². The van der Waals surface area contributed by atoms with E-state index in [-0.39, 0.29) is 11.5 Å². The van der Waals surface area contributed by atoms with Crippen LogP contribution in [0.25, 0.3) is 0 Å². The number of phenols is 1. The van der Waals surface area contributed by atoms with Crippen LogP contribution in [-0.4, -0.2) is 23.9 Å². The minimum absolute atomic E-state index is 0.00383. The van der Waals surface area contributed by atoms with Crippen molar-refractivity contribution in [2.75, 3.05) is 6.61 Å². The largest absolute Gasteiger partial charge is 0.507 e. The van der Waals surface area contributed by atoms with Crippen LogP contribution in [0.5, 0.6) is 17.2 Å². The maximum Gasteiger partial charge on any atom is 0.343 e. The summed E-state index contributed by atoms with van der Waals surface area (Å²) in [4.78, 5) is 17.1. The third-order valence-electron chi connectivity index (χ3n) is 8.18.